The lowest BCUT2D eigenvalue weighted by Crippen LogP contribution is -2.18. The van der Waals surface area contributed by atoms with Crippen LogP contribution in [0, 0.1) is 0 Å². The summed E-state index contributed by atoms with van der Waals surface area (Å²) in [7, 11) is 1.37. The van der Waals surface area contributed by atoms with Gasteiger partial charge in [0.05, 0.1) is 12.8 Å². The fraction of sp³-hybridized carbons (Fsp3) is 0.385. The zero-order chi connectivity index (χ0) is 15.1. The number of ether oxygens (including phenoxy) is 1. The number of aryl methyl sites for hydroxylation is 1. The molecule has 7 nitrogen and oxygen atoms in total. The Morgan fingerprint density at radius 3 is 3.05 bits per heavy atom. The van der Waals surface area contributed by atoms with Gasteiger partial charge in [-0.05, 0) is 18.9 Å². The maximum atomic E-state index is 11.8. The second kappa shape index (κ2) is 7.53. The molecular weight excluding hydrogens is 292 g/mol. The number of thiazole rings is 1. The van der Waals surface area contributed by atoms with Gasteiger partial charge >= 0.3 is 5.97 Å². The predicted octanol–water partition coefficient (Wildman–Crippen LogP) is 1.47. The van der Waals surface area contributed by atoms with E-state index in [1.54, 1.807) is 23.1 Å². The quantitative estimate of drug-likeness (QED) is 0.783. The second-order valence-corrected chi connectivity index (χ2v) is 5.18. The molecule has 0 aliphatic carbocycles. The standard InChI is InChI=1S/C13H16N4O3S/c1-20-12(19)5-2-4-10-9-21-13(15-10)16-11(18)8-17-7-3-6-14-17/h3,6-7,9H,2,4-5,8H2,1H3,(H,15,16,18). The largest absolute Gasteiger partial charge is 0.469 e. The lowest BCUT2D eigenvalue weighted by Gasteiger charge is -2.01. The molecule has 0 saturated heterocycles. The van der Waals surface area contributed by atoms with Crippen molar-refractivity contribution in [2.24, 2.45) is 0 Å². The predicted molar refractivity (Wildman–Crippen MR) is 77.9 cm³/mol. The lowest BCUT2D eigenvalue weighted by molar-refractivity contribution is -0.140. The molecule has 0 saturated carbocycles. The van der Waals surface area contributed by atoms with Crippen molar-refractivity contribution >= 4 is 28.3 Å². The summed E-state index contributed by atoms with van der Waals surface area (Å²) >= 11 is 1.37. The Labute approximate surface area is 125 Å². The first-order chi connectivity index (χ1) is 10.2. The van der Waals surface area contributed by atoms with Crippen LogP contribution in [0.25, 0.3) is 0 Å². The topological polar surface area (TPSA) is 86.1 Å². The second-order valence-electron chi connectivity index (χ2n) is 4.33. The molecule has 0 aromatic carbocycles. The number of carbonyl (C=O) groups is 2. The van der Waals surface area contributed by atoms with Crippen LogP contribution in [0.5, 0.6) is 0 Å². The van der Waals surface area contributed by atoms with E-state index in [1.165, 1.54) is 18.4 Å². The van der Waals surface area contributed by atoms with Crippen LogP contribution in [-0.4, -0.2) is 33.8 Å². The Kier molecular flexibility index (Phi) is 5.44. The summed E-state index contributed by atoms with van der Waals surface area (Å²) in [4.78, 5) is 27.1. The summed E-state index contributed by atoms with van der Waals surface area (Å²) in [6.07, 6.45) is 5.07. The number of rotatable bonds is 7. The van der Waals surface area contributed by atoms with Crippen LogP contribution in [0.15, 0.2) is 23.8 Å². The summed E-state index contributed by atoms with van der Waals surface area (Å²) in [6, 6.07) is 1.76. The molecule has 0 atom stereocenters. The minimum absolute atomic E-state index is 0.157. The number of amides is 1. The summed E-state index contributed by atoms with van der Waals surface area (Å²) in [5.41, 5.74) is 0.860. The first kappa shape index (κ1) is 15.2. The number of esters is 1. The van der Waals surface area contributed by atoms with E-state index in [1.807, 2.05) is 5.38 Å². The molecule has 1 amide bonds. The van der Waals surface area contributed by atoms with Gasteiger partial charge in [-0.15, -0.1) is 11.3 Å². The van der Waals surface area contributed by atoms with Gasteiger partial charge in [0, 0.05) is 24.2 Å². The molecule has 0 bridgehead atoms. The Morgan fingerprint density at radius 2 is 2.33 bits per heavy atom. The lowest BCUT2D eigenvalue weighted by atomic mass is 10.2. The van der Waals surface area contributed by atoms with E-state index in [4.69, 9.17) is 0 Å². The number of anilines is 1. The van der Waals surface area contributed by atoms with E-state index in [0.717, 1.165) is 5.69 Å². The van der Waals surface area contributed by atoms with Gasteiger partial charge in [0.25, 0.3) is 0 Å². The van der Waals surface area contributed by atoms with Gasteiger partial charge in [-0.25, -0.2) is 4.98 Å². The number of hydrogen-bond donors (Lipinski definition) is 1. The number of nitrogens with one attached hydrogen (secondary N) is 1. The molecule has 112 valence electrons. The molecule has 2 rings (SSSR count). The fourth-order valence-corrected chi connectivity index (χ4v) is 2.46. The van der Waals surface area contributed by atoms with Crippen molar-refractivity contribution in [3.8, 4) is 0 Å². The number of carbonyl (C=O) groups excluding carboxylic acids is 2. The number of aromatic nitrogens is 3. The van der Waals surface area contributed by atoms with Crippen molar-refractivity contribution in [2.75, 3.05) is 12.4 Å². The summed E-state index contributed by atoms with van der Waals surface area (Å²) < 4.78 is 6.12. The molecule has 21 heavy (non-hydrogen) atoms. The van der Waals surface area contributed by atoms with E-state index < -0.39 is 0 Å². The van der Waals surface area contributed by atoms with Crippen molar-refractivity contribution in [2.45, 2.75) is 25.8 Å². The highest BCUT2D eigenvalue weighted by atomic mass is 32.1. The molecule has 0 aliphatic heterocycles. The van der Waals surface area contributed by atoms with Crippen molar-refractivity contribution in [3.63, 3.8) is 0 Å². The van der Waals surface area contributed by atoms with E-state index in [9.17, 15) is 9.59 Å². The maximum absolute atomic E-state index is 11.8. The number of methoxy groups -OCH3 is 1. The van der Waals surface area contributed by atoms with Crippen LogP contribution in [0.3, 0.4) is 0 Å². The van der Waals surface area contributed by atoms with Crippen LogP contribution >= 0.6 is 11.3 Å². The first-order valence-electron chi connectivity index (χ1n) is 6.46. The van der Waals surface area contributed by atoms with Gasteiger partial charge in [0.2, 0.25) is 5.91 Å². The molecular formula is C13H16N4O3S. The Hall–Kier alpha value is -2.22. The van der Waals surface area contributed by atoms with Crippen LogP contribution in [-0.2, 0) is 27.3 Å². The van der Waals surface area contributed by atoms with Crippen molar-refractivity contribution in [3.05, 3.63) is 29.5 Å². The van der Waals surface area contributed by atoms with Gasteiger partial charge in [0.15, 0.2) is 5.13 Å². The average Bonchev–Trinajstić information content (AvgIpc) is 3.10. The zero-order valence-electron chi connectivity index (χ0n) is 11.6. The molecule has 0 aliphatic rings. The monoisotopic (exact) mass is 308 g/mol. The Morgan fingerprint density at radius 1 is 1.48 bits per heavy atom. The fourth-order valence-electron chi connectivity index (χ4n) is 1.70. The molecule has 8 heteroatoms. The number of nitrogens with zero attached hydrogens (tertiary/aromatic N) is 3. The molecule has 0 spiro atoms. The highest BCUT2D eigenvalue weighted by Gasteiger charge is 2.08. The van der Waals surface area contributed by atoms with Gasteiger partial charge in [0.1, 0.15) is 6.54 Å². The van der Waals surface area contributed by atoms with Crippen molar-refractivity contribution < 1.29 is 14.3 Å². The summed E-state index contributed by atoms with van der Waals surface area (Å²) in [5, 5.41) is 9.12. The van der Waals surface area contributed by atoms with Crippen LogP contribution in [0.1, 0.15) is 18.5 Å². The third kappa shape index (κ3) is 4.99. The van der Waals surface area contributed by atoms with Gasteiger partial charge in [-0.2, -0.15) is 5.10 Å². The maximum Gasteiger partial charge on any atom is 0.305 e. The number of hydrogen-bond acceptors (Lipinski definition) is 6. The Bertz CT molecular complexity index is 594. The molecule has 2 aromatic rings. The Balaban J connectivity index is 1.77. The minimum atomic E-state index is -0.224. The molecule has 0 unspecified atom stereocenters. The third-order valence-electron chi connectivity index (χ3n) is 2.70. The summed E-state index contributed by atoms with van der Waals surface area (Å²) in [5.74, 6) is -0.396. The van der Waals surface area contributed by atoms with Crippen molar-refractivity contribution in [1.82, 2.24) is 14.8 Å². The third-order valence-corrected chi connectivity index (χ3v) is 3.51. The summed E-state index contributed by atoms with van der Waals surface area (Å²) in [6.45, 7) is 0.157. The SMILES string of the molecule is COC(=O)CCCc1csc(NC(=O)Cn2cccn2)n1. The van der Waals surface area contributed by atoms with Gasteiger partial charge in [-0.3, -0.25) is 14.3 Å². The smallest absolute Gasteiger partial charge is 0.305 e. The first-order valence-corrected chi connectivity index (χ1v) is 7.34. The highest BCUT2D eigenvalue weighted by molar-refractivity contribution is 7.13. The van der Waals surface area contributed by atoms with Gasteiger partial charge in [-0.1, -0.05) is 0 Å². The van der Waals surface area contributed by atoms with Crippen LogP contribution in [0.2, 0.25) is 0 Å². The average molecular weight is 308 g/mol. The van der Waals surface area contributed by atoms with E-state index in [2.05, 4.69) is 20.1 Å². The van der Waals surface area contributed by atoms with E-state index in [-0.39, 0.29) is 18.4 Å². The van der Waals surface area contributed by atoms with Crippen LogP contribution < -0.4 is 5.32 Å². The van der Waals surface area contributed by atoms with E-state index in [0.29, 0.717) is 24.4 Å². The zero-order valence-corrected chi connectivity index (χ0v) is 12.4. The highest BCUT2D eigenvalue weighted by Crippen LogP contribution is 2.17. The van der Waals surface area contributed by atoms with E-state index >= 15 is 0 Å². The molecule has 1 N–H and O–H groups in total. The molecule has 2 aromatic heterocycles. The normalized spacial score (nSPS) is 10.3. The minimum Gasteiger partial charge on any atom is -0.469 e. The molecule has 2 heterocycles. The van der Waals surface area contributed by atoms with Crippen molar-refractivity contribution in [1.29, 1.82) is 0 Å². The molecule has 0 radical (unpaired) electrons. The molecule has 0 fully saturated rings. The van der Waals surface area contributed by atoms with Crippen LogP contribution in [0.4, 0.5) is 5.13 Å². The van der Waals surface area contributed by atoms with Gasteiger partial charge < -0.3 is 10.1 Å².